The van der Waals surface area contributed by atoms with Gasteiger partial charge in [0.2, 0.25) is 5.91 Å². The first-order valence-corrected chi connectivity index (χ1v) is 10.9. The van der Waals surface area contributed by atoms with Gasteiger partial charge >= 0.3 is 6.09 Å². The SMILES string of the molecule is CCN(CC1CCN(C(=NC)NCc2ccc(C(N)=O)cc2)CC1)C(=O)OC(C)(C)C.I. The molecule has 2 rings (SSSR count). The molecule has 0 aromatic heterocycles. The maximum absolute atomic E-state index is 12.4. The lowest BCUT2D eigenvalue weighted by atomic mass is 9.96. The second-order valence-electron chi connectivity index (χ2n) is 8.91. The highest BCUT2D eigenvalue weighted by Gasteiger charge is 2.27. The van der Waals surface area contributed by atoms with E-state index in [1.165, 1.54) is 0 Å². The van der Waals surface area contributed by atoms with Gasteiger partial charge in [0.25, 0.3) is 0 Å². The molecule has 1 heterocycles. The number of nitrogens with two attached hydrogens (primary N) is 1. The Hall–Kier alpha value is -2.04. The maximum Gasteiger partial charge on any atom is 0.410 e. The van der Waals surface area contributed by atoms with Gasteiger partial charge in [0.1, 0.15) is 5.60 Å². The highest BCUT2D eigenvalue weighted by molar-refractivity contribution is 14.0. The number of amides is 2. The number of ether oxygens (including phenoxy) is 1. The molecule has 0 saturated carbocycles. The number of hydrogen-bond donors (Lipinski definition) is 2. The fourth-order valence-electron chi connectivity index (χ4n) is 3.60. The van der Waals surface area contributed by atoms with Crippen LogP contribution in [0, 0.1) is 5.92 Å². The van der Waals surface area contributed by atoms with Gasteiger partial charge in [0.05, 0.1) is 0 Å². The summed E-state index contributed by atoms with van der Waals surface area (Å²) in [5, 5.41) is 3.39. The second kappa shape index (κ2) is 12.9. The van der Waals surface area contributed by atoms with Gasteiger partial charge in [-0.05, 0) is 64.2 Å². The molecule has 0 spiro atoms. The Bertz CT molecular complexity index is 769. The van der Waals surface area contributed by atoms with Crippen molar-refractivity contribution in [3.63, 3.8) is 0 Å². The molecule has 1 fully saturated rings. The summed E-state index contributed by atoms with van der Waals surface area (Å²) >= 11 is 0. The summed E-state index contributed by atoms with van der Waals surface area (Å²) in [6.45, 7) is 11.4. The van der Waals surface area contributed by atoms with Crippen LogP contribution in [0.15, 0.2) is 29.3 Å². The fraction of sp³-hybridized carbons (Fsp3) is 0.609. The van der Waals surface area contributed by atoms with E-state index in [-0.39, 0.29) is 30.1 Å². The van der Waals surface area contributed by atoms with Crippen LogP contribution < -0.4 is 11.1 Å². The largest absolute Gasteiger partial charge is 0.444 e. The quantitative estimate of drug-likeness (QED) is 0.316. The van der Waals surface area contributed by atoms with E-state index in [1.807, 2.05) is 39.8 Å². The van der Waals surface area contributed by atoms with Crippen LogP contribution in [0.5, 0.6) is 0 Å². The number of rotatable bonds is 6. The average molecular weight is 559 g/mol. The van der Waals surface area contributed by atoms with E-state index in [2.05, 4.69) is 15.2 Å². The number of aliphatic imine (C=N–C) groups is 1. The minimum Gasteiger partial charge on any atom is -0.444 e. The molecule has 0 unspecified atom stereocenters. The number of carbonyl (C=O) groups excluding carboxylic acids is 2. The van der Waals surface area contributed by atoms with Crippen molar-refractivity contribution in [3.8, 4) is 0 Å². The van der Waals surface area contributed by atoms with E-state index < -0.39 is 11.5 Å². The van der Waals surface area contributed by atoms with Gasteiger partial charge in [-0.1, -0.05) is 12.1 Å². The van der Waals surface area contributed by atoms with Crippen molar-refractivity contribution < 1.29 is 14.3 Å². The number of benzene rings is 1. The molecule has 180 valence electrons. The van der Waals surface area contributed by atoms with Crippen LogP contribution in [-0.4, -0.2) is 66.6 Å². The minimum absolute atomic E-state index is 0. The molecular formula is C23H38IN5O3. The summed E-state index contributed by atoms with van der Waals surface area (Å²) in [5.74, 6) is 0.881. The first-order chi connectivity index (χ1) is 14.6. The lowest BCUT2D eigenvalue weighted by Gasteiger charge is -2.36. The van der Waals surface area contributed by atoms with Crippen molar-refractivity contribution >= 4 is 41.9 Å². The third-order valence-corrected chi connectivity index (χ3v) is 5.33. The van der Waals surface area contributed by atoms with Crippen LogP contribution in [0.1, 0.15) is 56.5 Å². The smallest absolute Gasteiger partial charge is 0.410 e. The van der Waals surface area contributed by atoms with Crippen molar-refractivity contribution in [2.24, 2.45) is 16.6 Å². The summed E-state index contributed by atoms with van der Waals surface area (Å²) < 4.78 is 5.53. The molecule has 2 amide bonds. The van der Waals surface area contributed by atoms with Crippen molar-refractivity contribution in [3.05, 3.63) is 35.4 Å². The lowest BCUT2D eigenvalue weighted by molar-refractivity contribution is 0.0214. The average Bonchev–Trinajstić information content (AvgIpc) is 2.72. The van der Waals surface area contributed by atoms with Gasteiger partial charge in [-0.15, -0.1) is 24.0 Å². The van der Waals surface area contributed by atoms with Crippen molar-refractivity contribution in [1.82, 2.24) is 15.1 Å². The van der Waals surface area contributed by atoms with Crippen LogP contribution in [0.3, 0.4) is 0 Å². The van der Waals surface area contributed by atoms with Crippen LogP contribution in [0.2, 0.25) is 0 Å². The zero-order chi connectivity index (χ0) is 23.0. The third kappa shape index (κ3) is 8.84. The van der Waals surface area contributed by atoms with Gasteiger partial charge in [0, 0.05) is 45.3 Å². The zero-order valence-electron chi connectivity index (χ0n) is 19.9. The number of guanidine groups is 1. The van der Waals surface area contributed by atoms with E-state index in [1.54, 1.807) is 24.1 Å². The Labute approximate surface area is 209 Å². The Morgan fingerprint density at radius 1 is 1.22 bits per heavy atom. The number of nitrogens with one attached hydrogen (secondary N) is 1. The molecule has 1 aliphatic rings. The van der Waals surface area contributed by atoms with Crippen LogP contribution >= 0.6 is 24.0 Å². The molecule has 1 saturated heterocycles. The number of likely N-dealkylation sites (tertiary alicyclic amines) is 1. The van der Waals surface area contributed by atoms with Crippen molar-refractivity contribution in [2.45, 2.75) is 52.7 Å². The molecule has 0 atom stereocenters. The highest BCUT2D eigenvalue weighted by Crippen LogP contribution is 2.20. The van der Waals surface area contributed by atoms with Gasteiger partial charge < -0.3 is 25.6 Å². The molecule has 1 aromatic rings. The van der Waals surface area contributed by atoms with Gasteiger partial charge in [-0.25, -0.2) is 4.79 Å². The summed E-state index contributed by atoms with van der Waals surface area (Å²) in [4.78, 5) is 32.1. The van der Waals surface area contributed by atoms with Crippen molar-refractivity contribution in [1.29, 1.82) is 0 Å². The molecular weight excluding hydrogens is 521 g/mol. The fourth-order valence-corrected chi connectivity index (χ4v) is 3.60. The van der Waals surface area contributed by atoms with Crippen LogP contribution in [0.25, 0.3) is 0 Å². The minimum atomic E-state index is -0.480. The standard InChI is InChI=1S/C23H37N5O3.HI/c1-6-27(22(30)31-23(2,3)4)16-18-11-13-28(14-12-18)21(25-5)26-15-17-7-9-19(10-8-17)20(24)29;/h7-10,18H,6,11-16H2,1-5H3,(H2,24,29)(H,25,26);1H. The summed E-state index contributed by atoms with van der Waals surface area (Å²) in [6.07, 6.45) is 1.75. The monoisotopic (exact) mass is 559 g/mol. The molecule has 3 N–H and O–H groups in total. The Morgan fingerprint density at radius 3 is 2.28 bits per heavy atom. The normalized spacial score (nSPS) is 15.0. The first-order valence-electron chi connectivity index (χ1n) is 10.9. The number of halogens is 1. The molecule has 8 nitrogen and oxygen atoms in total. The second-order valence-corrected chi connectivity index (χ2v) is 8.91. The number of nitrogens with zero attached hydrogens (tertiary/aromatic N) is 3. The Balaban J connectivity index is 0.00000512. The summed E-state index contributed by atoms with van der Waals surface area (Å²) in [6, 6.07) is 7.25. The zero-order valence-corrected chi connectivity index (χ0v) is 22.2. The molecule has 32 heavy (non-hydrogen) atoms. The van der Waals surface area contributed by atoms with E-state index in [0.717, 1.165) is 44.0 Å². The van der Waals surface area contributed by atoms with Gasteiger partial charge in [-0.3, -0.25) is 9.79 Å². The molecule has 0 radical (unpaired) electrons. The Morgan fingerprint density at radius 2 is 1.81 bits per heavy atom. The third-order valence-electron chi connectivity index (χ3n) is 5.33. The van der Waals surface area contributed by atoms with Gasteiger partial charge in [-0.2, -0.15) is 0 Å². The number of piperidine rings is 1. The Kier molecular flexibility index (Phi) is 11.2. The molecule has 1 aromatic carbocycles. The van der Waals surface area contributed by atoms with Crippen LogP contribution in [-0.2, 0) is 11.3 Å². The molecule has 0 aliphatic carbocycles. The summed E-state index contributed by atoms with van der Waals surface area (Å²) in [5.41, 5.74) is 6.36. The summed E-state index contributed by atoms with van der Waals surface area (Å²) in [7, 11) is 1.78. The van der Waals surface area contributed by atoms with E-state index in [0.29, 0.717) is 24.6 Å². The van der Waals surface area contributed by atoms with E-state index in [4.69, 9.17) is 10.5 Å². The van der Waals surface area contributed by atoms with Gasteiger partial charge in [0.15, 0.2) is 5.96 Å². The molecule has 9 heteroatoms. The topological polar surface area (TPSA) is 100 Å². The molecule has 0 bridgehead atoms. The predicted octanol–water partition coefficient (Wildman–Crippen LogP) is 3.45. The highest BCUT2D eigenvalue weighted by atomic mass is 127. The lowest BCUT2D eigenvalue weighted by Crippen LogP contribution is -2.47. The van der Waals surface area contributed by atoms with Crippen molar-refractivity contribution in [2.75, 3.05) is 33.2 Å². The van der Waals surface area contributed by atoms with Crippen LogP contribution in [0.4, 0.5) is 4.79 Å². The predicted molar refractivity (Wildman–Crippen MR) is 138 cm³/mol. The molecule has 1 aliphatic heterocycles. The maximum atomic E-state index is 12.4. The van der Waals surface area contributed by atoms with E-state index in [9.17, 15) is 9.59 Å². The number of primary amides is 1. The van der Waals surface area contributed by atoms with E-state index >= 15 is 0 Å². The first kappa shape index (κ1) is 28.0. The number of carbonyl (C=O) groups is 2. The number of hydrogen-bond acceptors (Lipinski definition) is 4.